The first-order valence-corrected chi connectivity index (χ1v) is 23.7. The van der Waals surface area contributed by atoms with Crippen molar-refractivity contribution < 1.29 is 0 Å². The zero-order valence-corrected chi connectivity index (χ0v) is 39.0. The van der Waals surface area contributed by atoms with Crippen LogP contribution >= 0.6 is 0 Å². The van der Waals surface area contributed by atoms with Crippen molar-refractivity contribution in [2.75, 3.05) is 0 Å². The Balaban J connectivity index is 0.947. The van der Waals surface area contributed by atoms with E-state index in [0.29, 0.717) is 0 Å². The summed E-state index contributed by atoms with van der Waals surface area (Å²) in [7, 11) is 0. The van der Waals surface area contributed by atoms with E-state index in [1.165, 1.54) is 105 Å². The first kappa shape index (κ1) is 40.2. The maximum absolute atomic E-state index is 4.53. The van der Waals surface area contributed by atoms with Crippen molar-refractivity contribution in [3.8, 4) is 16.8 Å². The van der Waals surface area contributed by atoms with Gasteiger partial charge in [0.15, 0.2) is 0 Å². The van der Waals surface area contributed by atoms with Crippen molar-refractivity contribution in [1.82, 2.24) is 28.7 Å². The number of fused-ring (bicyclic) bond motifs is 9. The molecule has 2 aliphatic rings. The van der Waals surface area contributed by atoms with Gasteiger partial charge in [-0.2, -0.15) is 0 Å². The van der Waals surface area contributed by atoms with Gasteiger partial charge in [0, 0.05) is 86.2 Å². The lowest BCUT2D eigenvalue weighted by Crippen LogP contribution is -2.30. The van der Waals surface area contributed by atoms with E-state index in [9.17, 15) is 0 Å². The molecule has 68 heavy (non-hydrogen) atoms. The number of allylic oxidation sites excluding steroid dienone is 8. The summed E-state index contributed by atoms with van der Waals surface area (Å²) >= 11 is 0. The van der Waals surface area contributed by atoms with Gasteiger partial charge in [0.2, 0.25) is 0 Å². The van der Waals surface area contributed by atoms with E-state index in [2.05, 4.69) is 215 Å². The summed E-state index contributed by atoms with van der Waals surface area (Å²) in [6.45, 7) is 11.7. The molecule has 0 aliphatic heterocycles. The maximum atomic E-state index is 4.53. The highest BCUT2D eigenvalue weighted by Crippen LogP contribution is 2.46. The minimum Gasteiger partial charge on any atom is -0.331 e. The lowest BCUT2D eigenvalue weighted by atomic mass is 9.79. The molecule has 13 rings (SSSR count). The number of benzene rings is 5. The highest BCUT2D eigenvalue weighted by Gasteiger charge is 2.33. The second-order valence-corrected chi connectivity index (χ2v) is 19.7. The van der Waals surface area contributed by atoms with Crippen LogP contribution in [-0.2, 0) is 11.1 Å². The molecular weight excluding hydrogens is 829 g/mol. The van der Waals surface area contributed by atoms with Gasteiger partial charge in [-0.25, -0.2) is 0 Å². The van der Waals surface area contributed by atoms with Gasteiger partial charge in [-0.15, -0.1) is 0 Å². The molecule has 0 fully saturated rings. The molecule has 6 heterocycles. The molecule has 11 aromatic rings. The quantitative estimate of drug-likeness (QED) is 0.167. The Labute approximate surface area is 395 Å². The Morgan fingerprint density at radius 2 is 0.838 bits per heavy atom. The van der Waals surface area contributed by atoms with Crippen LogP contribution in [0.15, 0.2) is 200 Å². The third kappa shape index (κ3) is 5.99. The van der Waals surface area contributed by atoms with Crippen LogP contribution in [0.2, 0.25) is 0 Å². The summed E-state index contributed by atoms with van der Waals surface area (Å²) in [5.74, 6) is 0. The summed E-state index contributed by atoms with van der Waals surface area (Å²) in [4.78, 5) is 13.6. The maximum Gasteiger partial charge on any atom is 0.0646 e. The number of nitrogens with zero attached hydrogens (tertiary/aromatic N) is 6. The van der Waals surface area contributed by atoms with E-state index < -0.39 is 0 Å². The summed E-state index contributed by atoms with van der Waals surface area (Å²) in [5, 5.41) is 7.22. The second kappa shape index (κ2) is 15.0. The zero-order valence-electron chi connectivity index (χ0n) is 39.0. The fraction of sp³-hybridized carbons (Fsp3) is 0.145. The van der Waals surface area contributed by atoms with E-state index in [1.54, 1.807) is 0 Å². The van der Waals surface area contributed by atoms with Crippen molar-refractivity contribution in [3.63, 3.8) is 0 Å². The Kier molecular flexibility index (Phi) is 8.85. The van der Waals surface area contributed by atoms with Gasteiger partial charge in [0.25, 0.3) is 0 Å². The van der Waals surface area contributed by atoms with Crippen LogP contribution in [0.5, 0.6) is 0 Å². The Bertz CT molecular complexity index is 3720. The molecule has 5 aromatic carbocycles. The van der Waals surface area contributed by atoms with E-state index >= 15 is 0 Å². The van der Waals surface area contributed by atoms with Crippen LogP contribution < -0.4 is 0 Å². The van der Waals surface area contributed by atoms with E-state index in [0.717, 1.165) is 29.4 Å². The molecule has 0 radical (unpaired) electrons. The molecule has 6 nitrogen and oxygen atoms in total. The van der Waals surface area contributed by atoms with Crippen LogP contribution in [0, 0.1) is 6.92 Å². The summed E-state index contributed by atoms with van der Waals surface area (Å²) in [6.07, 6.45) is 23.2. The van der Waals surface area contributed by atoms with Crippen LogP contribution in [0.4, 0.5) is 0 Å². The number of aromatic nitrogens is 6. The number of hydrogen-bond donors (Lipinski definition) is 0. The lowest BCUT2D eigenvalue weighted by molar-refractivity contribution is 0.428. The molecule has 2 atom stereocenters. The third-order valence-electron chi connectivity index (χ3n) is 15.2. The number of hydrogen-bond acceptors (Lipinski definition) is 3. The molecule has 0 spiro atoms. The lowest BCUT2D eigenvalue weighted by Gasteiger charge is -2.35. The average Bonchev–Trinajstić information content (AvgIpc) is 4.01. The van der Waals surface area contributed by atoms with Gasteiger partial charge in [0.1, 0.15) is 0 Å². The normalized spacial score (nSPS) is 18.7. The molecule has 6 aromatic heterocycles. The van der Waals surface area contributed by atoms with E-state index in [4.69, 9.17) is 0 Å². The monoisotopic (exact) mass is 878 g/mol. The topological polar surface area (TPSA) is 53.5 Å². The van der Waals surface area contributed by atoms with Crippen molar-refractivity contribution in [2.24, 2.45) is 0 Å². The summed E-state index contributed by atoms with van der Waals surface area (Å²) < 4.78 is 7.44. The van der Waals surface area contributed by atoms with Gasteiger partial charge < -0.3 is 13.7 Å². The van der Waals surface area contributed by atoms with Crippen LogP contribution in [0.3, 0.4) is 0 Å². The Morgan fingerprint density at radius 1 is 0.426 bits per heavy atom. The number of rotatable bonds is 6. The third-order valence-corrected chi connectivity index (χ3v) is 15.2. The van der Waals surface area contributed by atoms with Gasteiger partial charge in [-0.3, -0.25) is 15.0 Å². The Morgan fingerprint density at radius 3 is 1.34 bits per heavy atom. The van der Waals surface area contributed by atoms with Gasteiger partial charge in [0.05, 0.1) is 33.1 Å². The second-order valence-electron chi connectivity index (χ2n) is 19.7. The highest BCUT2D eigenvalue weighted by molar-refractivity contribution is 6.10. The Hall–Kier alpha value is -8.09. The van der Waals surface area contributed by atoms with Gasteiger partial charge >= 0.3 is 0 Å². The van der Waals surface area contributed by atoms with Crippen LogP contribution in [0.25, 0.3) is 93.4 Å². The molecule has 0 bridgehead atoms. The van der Waals surface area contributed by atoms with Crippen molar-refractivity contribution in [2.45, 2.75) is 58.5 Å². The SMILES string of the molecule is CC1=C(c2cc(C3=C(C)CC(C)(n4c5ccccc5c5cnccc54)C=C3)cc(-c3ccc(-n4c5ccccc5c5cnccc54)cc3C)c2)C=CC(C)(n2c3ccccc3c3cnccc32)C1. The zero-order chi connectivity index (χ0) is 45.9. The molecule has 2 aliphatic carbocycles. The standard InChI is InChI=1S/C62H50N6/c1-39-30-45(66-55-15-9-6-12-49(55)52-36-63-27-22-56(52)66)18-19-46(39)42-31-43(47-20-25-61(4,34-40(47)2)67-57-16-10-7-13-50(57)53-37-64-28-23-59(53)67)33-44(32-42)48-21-26-62(5,35-41(48)3)68-58-17-11-8-14-51(58)54-38-65-29-24-60(54)68/h6-33,36-38H,34-35H2,1-5H3. The first-order valence-electron chi connectivity index (χ1n) is 23.7. The largest absolute Gasteiger partial charge is 0.331 e. The average molecular weight is 879 g/mol. The molecule has 2 unspecified atom stereocenters. The predicted molar refractivity (Wildman–Crippen MR) is 283 cm³/mol. The van der Waals surface area contributed by atoms with Gasteiger partial charge in [-0.1, -0.05) is 96.1 Å². The number of aryl methyl sites for hydroxylation is 1. The van der Waals surface area contributed by atoms with Crippen LogP contribution in [-0.4, -0.2) is 28.7 Å². The molecule has 0 amide bonds. The molecule has 0 N–H and O–H groups in total. The van der Waals surface area contributed by atoms with E-state index in [-0.39, 0.29) is 11.1 Å². The van der Waals surface area contributed by atoms with Crippen molar-refractivity contribution in [3.05, 3.63) is 217 Å². The molecule has 0 saturated carbocycles. The molecule has 6 heteroatoms. The van der Waals surface area contributed by atoms with Crippen molar-refractivity contribution in [1.29, 1.82) is 0 Å². The summed E-state index contributed by atoms with van der Waals surface area (Å²) in [6, 6.07) is 46.9. The van der Waals surface area contributed by atoms with Crippen LogP contribution in [0.1, 0.15) is 57.2 Å². The number of para-hydroxylation sites is 3. The summed E-state index contributed by atoms with van der Waals surface area (Å²) in [5.41, 5.74) is 19.2. The highest BCUT2D eigenvalue weighted by atomic mass is 15.1. The molecular formula is C62H50N6. The predicted octanol–water partition coefficient (Wildman–Crippen LogP) is 15.5. The fourth-order valence-corrected chi connectivity index (χ4v) is 12.2. The number of pyridine rings is 3. The minimum absolute atomic E-state index is 0.273. The van der Waals surface area contributed by atoms with E-state index in [1.807, 2.05) is 37.2 Å². The minimum atomic E-state index is -0.273. The smallest absolute Gasteiger partial charge is 0.0646 e. The van der Waals surface area contributed by atoms with Gasteiger partial charge in [-0.05, 0) is 153 Å². The first-order chi connectivity index (χ1) is 33.2. The van der Waals surface area contributed by atoms with Crippen molar-refractivity contribution >= 4 is 76.6 Å². The molecule has 328 valence electrons. The fourth-order valence-electron chi connectivity index (χ4n) is 12.2. The molecule has 0 saturated heterocycles.